The summed E-state index contributed by atoms with van der Waals surface area (Å²) in [6.45, 7) is 5.73. The first-order valence-corrected chi connectivity index (χ1v) is 10.8. The van der Waals surface area contributed by atoms with Crippen molar-refractivity contribution in [3.8, 4) is 0 Å². The molecular weight excluding hydrogens is 424 g/mol. The first-order chi connectivity index (χ1) is 15.9. The van der Waals surface area contributed by atoms with Gasteiger partial charge in [0.1, 0.15) is 12.3 Å². The van der Waals surface area contributed by atoms with E-state index in [2.05, 4.69) is 28.1 Å². The zero-order valence-electron chi connectivity index (χ0n) is 18.6. The number of amides is 1. The normalized spacial score (nSPS) is 21.9. The van der Waals surface area contributed by atoms with Crippen LogP contribution in [0.1, 0.15) is 48.6 Å². The lowest BCUT2D eigenvalue weighted by atomic mass is 9.87. The lowest BCUT2D eigenvalue weighted by Gasteiger charge is -2.23. The quantitative estimate of drug-likeness (QED) is 0.530. The number of ether oxygens (including phenoxy) is 2. The summed E-state index contributed by atoms with van der Waals surface area (Å²) in [7, 11) is 1.26. The van der Waals surface area contributed by atoms with Crippen LogP contribution in [0.5, 0.6) is 0 Å². The van der Waals surface area contributed by atoms with Crippen LogP contribution in [0.15, 0.2) is 54.3 Å². The van der Waals surface area contributed by atoms with Crippen LogP contribution < -0.4 is 5.32 Å². The fourth-order valence-corrected chi connectivity index (χ4v) is 4.69. The Morgan fingerprint density at radius 1 is 1.33 bits per heavy atom. The van der Waals surface area contributed by atoms with Gasteiger partial charge < -0.3 is 14.8 Å². The first kappa shape index (κ1) is 22.4. The van der Waals surface area contributed by atoms with Gasteiger partial charge in [-0.1, -0.05) is 30.4 Å². The third-order valence-corrected chi connectivity index (χ3v) is 6.31. The van der Waals surface area contributed by atoms with Gasteiger partial charge >= 0.3 is 11.9 Å². The van der Waals surface area contributed by atoms with E-state index >= 15 is 0 Å². The summed E-state index contributed by atoms with van der Waals surface area (Å²) in [5.41, 5.74) is 2.29. The van der Waals surface area contributed by atoms with Crippen LogP contribution in [0.4, 0.5) is 0 Å². The highest BCUT2D eigenvalue weighted by molar-refractivity contribution is 5.96. The molecule has 2 heterocycles. The minimum atomic E-state index is -0.628. The van der Waals surface area contributed by atoms with Crippen molar-refractivity contribution in [1.82, 2.24) is 19.9 Å². The number of nitrogens with zero attached hydrogens (tertiary/aromatic N) is 3. The summed E-state index contributed by atoms with van der Waals surface area (Å²) in [5, 5.41) is 7.27. The topological polar surface area (TPSA) is 112 Å². The highest BCUT2D eigenvalue weighted by Crippen LogP contribution is 2.41. The third kappa shape index (κ3) is 4.30. The molecule has 33 heavy (non-hydrogen) atoms. The second kappa shape index (κ2) is 9.40. The Balaban J connectivity index is 0.00000324. The van der Waals surface area contributed by atoms with Crippen molar-refractivity contribution in [3.63, 3.8) is 0 Å². The van der Waals surface area contributed by atoms with Gasteiger partial charge in [0.15, 0.2) is 11.3 Å². The minimum Gasteiger partial charge on any atom is -0.464 e. The van der Waals surface area contributed by atoms with Gasteiger partial charge in [-0.05, 0) is 32.1 Å². The molecule has 2 aromatic rings. The maximum absolute atomic E-state index is 13.2. The number of hydrogen-bond donors (Lipinski definition) is 1. The standard InChI is InChI=1S/C24H26N4O5.H2/c1-4-12-33-23(30)16-6-5-7-17-15(14(16)2)8-9-18(17)27-22(29)20-13-19(24(31)32-3)26-21-10-11-25-28(20)21;/h4-5,7,10-11,13,15,17-18H,1,6,8-9,12H2,2-3H3,(H,27,29);1H. The molecule has 4 rings (SSSR count). The number of carbonyl (C=O) groups excluding carboxylic acids is 3. The average Bonchev–Trinajstić information content (AvgIpc) is 3.41. The van der Waals surface area contributed by atoms with Gasteiger partial charge in [0.25, 0.3) is 5.91 Å². The Hall–Kier alpha value is -3.75. The Kier molecular flexibility index (Phi) is 6.39. The zero-order chi connectivity index (χ0) is 23.5. The molecule has 0 bridgehead atoms. The van der Waals surface area contributed by atoms with Crippen LogP contribution in [0.2, 0.25) is 0 Å². The number of hydrogen-bond acceptors (Lipinski definition) is 7. The summed E-state index contributed by atoms with van der Waals surface area (Å²) in [4.78, 5) is 41.9. The van der Waals surface area contributed by atoms with Crippen molar-refractivity contribution in [2.75, 3.05) is 13.7 Å². The molecule has 1 saturated carbocycles. The van der Waals surface area contributed by atoms with Crippen molar-refractivity contribution in [1.29, 1.82) is 0 Å². The Labute approximate surface area is 192 Å². The fourth-order valence-electron chi connectivity index (χ4n) is 4.69. The van der Waals surface area contributed by atoms with Gasteiger partial charge in [0.05, 0.1) is 13.3 Å². The van der Waals surface area contributed by atoms with E-state index in [0.29, 0.717) is 17.6 Å². The number of rotatable bonds is 6. The zero-order valence-corrected chi connectivity index (χ0v) is 18.6. The van der Waals surface area contributed by atoms with E-state index in [1.807, 2.05) is 13.0 Å². The summed E-state index contributed by atoms with van der Waals surface area (Å²) < 4.78 is 11.4. The maximum Gasteiger partial charge on any atom is 0.356 e. The van der Waals surface area contributed by atoms with Gasteiger partial charge in [-0.3, -0.25) is 4.79 Å². The maximum atomic E-state index is 13.2. The number of allylic oxidation sites excluding steroid dienone is 2. The SMILES string of the molecule is C=CCOC(=O)C1=C(C)C2CCC(NC(=O)c3cc(C(=O)OC)nc4ccnn34)C2C=CC1.[HH]. The second-order valence-corrected chi connectivity index (χ2v) is 8.14. The number of nitrogens with one attached hydrogen (secondary N) is 1. The van der Waals surface area contributed by atoms with Crippen LogP contribution in [0.3, 0.4) is 0 Å². The van der Waals surface area contributed by atoms with E-state index in [9.17, 15) is 14.4 Å². The molecule has 3 unspecified atom stereocenters. The molecule has 9 nitrogen and oxygen atoms in total. The molecule has 0 saturated heterocycles. The van der Waals surface area contributed by atoms with Crippen molar-refractivity contribution >= 4 is 23.5 Å². The summed E-state index contributed by atoms with van der Waals surface area (Å²) >= 11 is 0. The molecule has 0 aromatic carbocycles. The van der Waals surface area contributed by atoms with E-state index in [0.717, 1.165) is 18.4 Å². The van der Waals surface area contributed by atoms with Crippen LogP contribution >= 0.6 is 0 Å². The monoisotopic (exact) mass is 452 g/mol. The molecule has 2 aliphatic rings. The molecule has 174 valence electrons. The van der Waals surface area contributed by atoms with E-state index in [1.165, 1.54) is 23.9 Å². The van der Waals surface area contributed by atoms with E-state index in [1.54, 1.807) is 12.1 Å². The minimum absolute atomic E-state index is 0. The highest BCUT2D eigenvalue weighted by Gasteiger charge is 2.39. The van der Waals surface area contributed by atoms with Crippen LogP contribution in [0, 0.1) is 11.8 Å². The fraction of sp³-hybridized carbons (Fsp3) is 0.375. The molecule has 1 N–H and O–H groups in total. The van der Waals surface area contributed by atoms with Crippen LogP contribution in [0.25, 0.3) is 5.65 Å². The Morgan fingerprint density at radius 2 is 2.15 bits per heavy atom. The molecule has 3 atom stereocenters. The number of methoxy groups -OCH3 is 1. The summed E-state index contributed by atoms with van der Waals surface area (Å²) in [6.07, 6.45) is 9.20. The lowest BCUT2D eigenvalue weighted by molar-refractivity contribution is -0.138. The van der Waals surface area contributed by atoms with Crippen molar-refractivity contribution in [3.05, 3.63) is 65.7 Å². The van der Waals surface area contributed by atoms with E-state index in [-0.39, 0.29) is 49.2 Å². The molecule has 2 aliphatic carbocycles. The largest absolute Gasteiger partial charge is 0.464 e. The van der Waals surface area contributed by atoms with Crippen molar-refractivity contribution in [2.45, 2.75) is 32.2 Å². The summed E-state index contributed by atoms with van der Waals surface area (Å²) in [6, 6.07) is 2.87. The predicted molar refractivity (Wildman–Crippen MR) is 122 cm³/mol. The van der Waals surface area contributed by atoms with E-state index in [4.69, 9.17) is 9.47 Å². The molecule has 2 aromatic heterocycles. The van der Waals surface area contributed by atoms with Gasteiger partial charge in [-0.2, -0.15) is 5.10 Å². The van der Waals surface area contributed by atoms with Crippen molar-refractivity contribution in [2.24, 2.45) is 11.8 Å². The van der Waals surface area contributed by atoms with Gasteiger partial charge in [0, 0.05) is 31.1 Å². The molecule has 1 fully saturated rings. The molecular formula is C24H28N4O5. The summed E-state index contributed by atoms with van der Waals surface area (Å²) in [5.74, 6) is -1.12. The van der Waals surface area contributed by atoms with Gasteiger partial charge in [-0.25, -0.2) is 19.1 Å². The number of esters is 2. The lowest BCUT2D eigenvalue weighted by Crippen LogP contribution is -2.39. The van der Waals surface area contributed by atoms with Crippen LogP contribution in [-0.2, 0) is 14.3 Å². The molecule has 0 spiro atoms. The number of fused-ring (bicyclic) bond motifs is 2. The van der Waals surface area contributed by atoms with Crippen molar-refractivity contribution < 1.29 is 25.3 Å². The average molecular weight is 453 g/mol. The van der Waals surface area contributed by atoms with Gasteiger partial charge in [0.2, 0.25) is 0 Å². The van der Waals surface area contributed by atoms with Crippen LogP contribution in [-0.4, -0.2) is 52.2 Å². The molecule has 9 heteroatoms. The van der Waals surface area contributed by atoms with E-state index < -0.39 is 5.97 Å². The molecule has 0 radical (unpaired) electrons. The molecule has 1 amide bonds. The Bertz CT molecular complexity index is 1190. The smallest absolute Gasteiger partial charge is 0.356 e. The number of carbonyl (C=O) groups is 3. The molecule has 0 aliphatic heterocycles. The van der Waals surface area contributed by atoms with Gasteiger partial charge in [-0.15, -0.1) is 0 Å². The Morgan fingerprint density at radius 3 is 2.91 bits per heavy atom. The number of aromatic nitrogens is 3. The third-order valence-electron chi connectivity index (χ3n) is 6.31. The second-order valence-electron chi connectivity index (χ2n) is 8.14. The highest BCUT2D eigenvalue weighted by atomic mass is 16.5. The first-order valence-electron chi connectivity index (χ1n) is 10.8. The predicted octanol–water partition coefficient (Wildman–Crippen LogP) is 2.89.